The van der Waals surface area contributed by atoms with E-state index in [2.05, 4.69) is 12.2 Å². The first kappa shape index (κ1) is 17.6. The molecule has 2 N–H and O–H groups in total. The molecule has 3 rings (SSSR count). The van der Waals surface area contributed by atoms with E-state index in [1.165, 1.54) is 0 Å². The van der Waals surface area contributed by atoms with Gasteiger partial charge in [0.05, 0.1) is 12.7 Å². The van der Waals surface area contributed by atoms with E-state index in [4.69, 9.17) is 27.9 Å². The predicted molar refractivity (Wildman–Crippen MR) is 98.1 cm³/mol. The van der Waals surface area contributed by atoms with Crippen LogP contribution in [-0.2, 0) is 6.42 Å². The molecule has 0 saturated carbocycles. The Bertz CT molecular complexity index is 721. The molecule has 2 unspecified atom stereocenters. The number of hydrogen-bond donors (Lipinski definition) is 2. The van der Waals surface area contributed by atoms with Gasteiger partial charge in [0.15, 0.2) is 0 Å². The fourth-order valence-corrected chi connectivity index (χ4v) is 3.65. The van der Waals surface area contributed by atoms with Crippen LogP contribution in [0.3, 0.4) is 0 Å². The van der Waals surface area contributed by atoms with Gasteiger partial charge in [0.25, 0.3) is 0 Å². The molecule has 24 heavy (non-hydrogen) atoms. The number of hydrogen-bond acceptors (Lipinski definition) is 3. The standard InChI is InChI=1S/C19H21Cl2NO2/c1-2-17(15-10-13(20)9-12-7-8-24-19(12)15)22-11-18(23)14-5-3-4-6-16(14)21/h3-6,9-10,17-18,22-23H,2,7-8,11H2,1H3. The van der Waals surface area contributed by atoms with Gasteiger partial charge in [-0.25, -0.2) is 0 Å². The molecule has 0 amide bonds. The average Bonchev–Trinajstić information content (AvgIpc) is 3.03. The summed E-state index contributed by atoms with van der Waals surface area (Å²) in [4.78, 5) is 0. The van der Waals surface area contributed by atoms with E-state index in [9.17, 15) is 5.11 Å². The molecule has 0 fully saturated rings. The highest BCUT2D eigenvalue weighted by atomic mass is 35.5. The fourth-order valence-electron chi connectivity index (χ4n) is 3.14. The van der Waals surface area contributed by atoms with Crippen LogP contribution in [0.5, 0.6) is 5.75 Å². The predicted octanol–water partition coefficient (Wildman–Crippen LogP) is 4.70. The number of ether oxygens (including phenoxy) is 1. The molecular weight excluding hydrogens is 345 g/mol. The van der Waals surface area contributed by atoms with Gasteiger partial charge in [-0.3, -0.25) is 0 Å². The number of benzene rings is 2. The zero-order valence-electron chi connectivity index (χ0n) is 13.6. The van der Waals surface area contributed by atoms with Crippen LogP contribution in [0, 0.1) is 0 Å². The minimum Gasteiger partial charge on any atom is -0.493 e. The molecule has 5 heteroatoms. The zero-order valence-corrected chi connectivity index (χ0v) is 15.1. The van der Waals surface area contributed by atoms with Crippen LogP contribution in [0.15, 0.2) is 36.4 Å². The highest BCUT2D eigenvalue weighted by molar-refractivity contribution is 6.31. The summed E-state index contributed by atoms with van der Waals surface area (Å²) < 4.78 is 5.80. The zero-order chi connectivity index (χ0) is 17.1. The van der Waals surface area contributed by atoms with Gasteiger partial charge in [-0.2, -0.15) is 0 Å². The molecule has 0 saturated heterocycles. The number of fused-ring (bicyclic) bond motifs is 1. The first-order valence-electron chi connectivity index (χ1n) is 8.21. The molecule has 0 spiro atoms. The van der Waals surface area contributed by atoms with Gasteiger partial charge in [0.1, 0.15) is 5.75 Å². The molecule has 1 aliphatic rings. The Balaban J connectivity index is 1.75. The van der Waals surface area contributed by atoms with Gasteiger partial charge in [-0.05, 0) is 30.2 Å². The molecule has 0 aliphatic carbocycles. The van der Waals surface area contributed by atoms with Crippen LogP contribution in [-0.4, -0.2) is 18.3 Å². The Hall–Kier alpha value is -1.26. The summed E-state index contributed by atoms with van der Waals surface area (Å²) in [5.41, 5.74) is 2.95. The maximum absolute atomic E-state index is 10.4. The van der Waals surface area contributed by atoms with E-state index in [-0.39, 0.29) is 6.04 Å². The van der Waals surface area contributed by atoms with Crippen LogP contribution in [0.2, 0.25) is 10.0 Å². The fraction of sp³-hybridized carbons (Fsp3) is 0.368. The van der Waals surface area contributed by atoms with Gasteiger partial charge >= 0.3 is 0 Å². The Morgan fingerprint density at radius 3 is 2.75 bits per heavy atom. The first-order chi connectivity index (χ1) is 11.6. The van der Waals surface area contributed by atoms with Crippen LogP contribution in [0.4, 0.5) is 0 Å². The normalized spacial score (nSPS) is 15.7. The summed E-state index contributed by atoms with van der Waals surface area (Å²) in [5, 5.41) is 15.2. The molecule has 0 bridgehead atoms. The van der Waals surface area contributed by atoms with Gasteiger partial charge in [0.2, 0.25) is 0 Å². The van der Waals surface area contributed by atoms with Crippen molar-refractivity contribution in [3.05, 3.63) is 63.1 Å². The average molecular weight is 366 g/mol. The van der Waals surface area contributed by atoms with E-state index < -0.39 is 6.10 Å². The number of rotatable bonds is 6. The van der Waals surface area contributed by atoms with Crippen LogP contribution >= 0.6 is 23.2 Å². The van der Waals surface area contributed by atoms with Gasteiger partial charge in [-0.15, -0.1) is 0 Å². The van der Waals surface area contributed by atoms with Gasteiger partial charge in [-0.1, -0.05) is 48.3 Å². The lowest BCUT2D eigenvalue weighted by atomic mass is 9.99. The summed E-state index contributed by atoms with van der Waals surface area (Å²) in [7, 11) is 0. The first-order valence-corrected chi connectivity index (χ1v) is 8.96. The lowest BCUT2D eigenvalue weighted by molar-refractivity contribution is 0.169. The molecule has 2 aromatic rings. The highest BCUT2D eigenvalue weighted by Gasteiger charge is 2.23. The third-order valence-corrected chi connectivity index (χ3v) is 4.95. The molecule has 1 aliphatic heterocycles. The molecule has 3 nitrogen and oxygen atoms in total. The van der Waals surface area contributed by atoms with Crippen molar-refractivity contribution in [2.24, 2.45) is 0 Å². The Morgan fingerprint density at radius 1 is 1.21 bits per heavy atom. The van der Waals surface area contributed by atoms with Crippen molar-refractivity contribution in [3.8, 4) is 5.75 Å². The SMILES string of the molecule is CCC(NCC(O)c1ccccc1Cl)c1cc(Cl)cc2c1OCC2. The summed E-state index contributed by atoms with van der Waals surface area (Å²) >= 11 is 12.4. The molecule has 1 heterocycles. The van der Waals surface area contributed by atoms with Crippen molar-refractivity contribution in [1.29, 1.82) is 0 Å². The topological polar surface area (TPSA) is 41.5 Å². The van der Waals surface area contributed by atoms with Crippen LogP contribution < -0.4 is 10.1 Å². The van der Waals surface area contributed by atoms with Crippen LogP contribution in [0.1, 0.15) is 42.2 Å². The van der Waals surface area contributed by atoms with Crippen molar-refractivity contribution in [1.82, 2.24) is 5.32 Å². The summed E-state index contributed by atoms with van der Waals surface area (Å²) in [5.74, 6) is 0.936. The Labute approximate surface area is 152 Å². The van der Waals surface area contributed by atoms with Crippen molar-refractivity contribution >= 4 is 23.2 Å². The minimum atomic E-state index is -0.666. The van der Waals surface area contributed by atoms with E-state index in [1.54, 1.807) is 6.07 Å². The number of aliphatic hydroxyl groups is 1. The van der Waals surface area contributed by atoms with Gasteiger partial charge in [0, 0.05) is 40.2 Å². The van der Waals surface area contributed by atoms with E-state index in [0.717, 1.165) is 40.3 Å². The molecule has 128 valence electrons. The summed E-state index contributed by atoms with van der Waals surface area (Å²) in [6.45, 7) is 3.20. The smallest absolute Gasteiger partial charge is 0.127 e. The second-order valence-electron chi connectivity index (χ2n) is 5.99. The Kier molecular flexibility index (Phi) is 5.67. The van der Waals surface area contributed by atoms with Crippen molar-refractivity contribution < 1.29 is 9.84 Å². The number of halogens is 2. The monoisotopic (exact) mass is 365 g/mol. The quantitative estimate of drug-likeness (QED) is 0.779. The molecule has 0 radical (unpaired) electrons. The number of nitrogens with one attached hydrogen (secondary N) is 1. The largest absolute Gasteiger partial charge is 0.493 e. The lowest BCUT2D eigenvalue weighted by Crippen LogP contribution is -2.26. The second kappa shape index (κ2) is 7.75. The van der Waals surface area contributed by atoms with E-state index in [0.29, 0.717) is 18.2 Å². The molecule has 0 aromatic heterocycles. The minimum absolute atomic E-state index is 0.0627. The summed E-state index contributed by atoms with van der Waals surface area (Å²) in [6.07, 6.45) is 1.09. The van der Waals surface area contributed by atoms with E-state index in [1.807, 2.05) is 30.3 Å². The molecule has 2 aromatic carbocycles. The van der Waals surface area contributed by atoms with Crippen LogP contribution in [0.25, 0.3) is 0 Å². The van der Waals surface area contributed by atoms with Gasteiger partial charge < -0.3 is 15.2 Å². The van der Waals surface area contributed by atoms with Crippen molar-refractivity contribution in [2.75, 3.05) is 13.2 Å². The third-order valence-electron chi connectivity index (χ3n) is 4.38. The third kappa shape index (κ3) is 3.70. The Morgan fingerprint density at radius 2 is 2.00 bits per heavy atom. The maximum Gasteiger partial charge on any atom is 0.127 e. The van der Waals surface area contributed by atoms with E-state index >= 15 is 0 Å². The summed E-state index contributed by atoms with van der Waals surface area (Å²) in [6, 6.07) is 11.3. The molecule has 2 atom stereocenters. The lowest BCUT2D eigenvalue weighted by Gasteiger charge is -2.22. The second-order valence-corrected chi connectivity index (χ2v) is 6.83. The van der Waals surface area contributed by atoms with Crippen molar-refractivity contribution in [2.45, 2.75) is 31.9 Å². The molecular formula is C19H21Cl2NO2. The highest BCUT2D eigenvalue weighted by Crippen LogP contribution is 2.37. The van der Waals surface area contributed by atoms with Crippen molar-refractivity contribution in [3.63, 3.8) is 0 Å². The number of aliphatic hydroxyl groups excluding tert-OH is 1. The maximum atomic E-state index is 10.4.